The minimum atomic E-state index is 0.855. The minimum absolute atomic E-state index is 0.855. The molecule has 0 N–H and O–H groups in total. The molecule has 0 bridgehead atoms. The standard InChI is InChI=1S/C16H12N2OS/c1-2-6-13-10(4-1)8-14(19-13)11-9-18-12-5-3-7-15(12)20-16(18)17-11/h1-2,4,6,8-9H,3,5,7H2. The number of aromatic nitrogens is 2. The molecule has 3 aromatic heterocycles. The zero-order valence-corrected chi connectivity index (χ0v) is 11.6. The van der Waals surface area contributed by atoms with E-state index in [0.717, 1.165) is 27.4 Å². The Balaban J connectivity index is 1.71. The SMILES string of the molecule is c1ccc2oc(-c3cn4c5c(sc4n3)CCC5)cc2c1. The molecule has 5 rings (SSSR count). The number of furan rings is 1. The van der Waals surface area contributed by atoms with E-state index in [1.807, 2.05) is 29.5 Å². The molecule has 1 aliphatic rings. The van der Waals surface area contributed by atoms with Crippen molar-refractivity contribution in [3.8, 4) is 11.5 Å². The molecule has 0 aliphatic heterocycles. The first-order valence-electron chi connectivity index (χ1n) is 6.87. The van der Waals surface area contributed by atoms with Crippen molar-refractivity contribution < 1.29 is 4.42 Å². The molecule has 4 heteroatoms. The second-order valence-electron chi connectivity index (χ2n) is 5.25. The van der Waals surface area contributed by atoms with Crippen LogP contribution in [0, 0.1) is 0 Å². The van der Waals surface area contributed by atoms with E-state index in [0.29, 0.717) is 0 Å². The van der Waals surface area contributed by atoms with Crippen LogP contribution in [0.1, 0.15) is 17.0 Å². The molecule has 3 nitrogen and oxygen atoms in total. The van der Waals surface area contributed by atoms with E-state index in [1.165, 1.54) is 29.8 Å². The summed E-state index contributed by atoms with van der Waals surface area (Å²) in [6.07, 6.45) is 5.78. The lowest BCUT2D eigenvalue weighted by molar-refractivity contribution is 0.629. The van der Waals surface area contributed by atoms with Crippen LogP contribution in [0.3, 0.4) is 0 Å². The Morgan fingerprint density at radius 2 is 2.15 bits per heavy atom. The van der Waals surface area contributed by atoms with E-state index in [-0.39, 0.29) is 0 Å². The second-order valence-corrected chi connectivity index (χ2v) is 6.31. The molecule has 0 atom stereocenters. The summed E-state index contributed by atoms with van der Waals surface area (Å²) in [7, 11) is 0. The first-order valence-corrected chi connectivity index (χ1v) is 7.69. The number of hydrogen-bond acceptors (Lipinski definition) is 3. The maximum Gasteiger partial charge on any atom is 0.194 e. The van der Waals surface area contributed by atoms with E-state index in [1.54, 1.807) is 0 Å². The molecule has 0 saturated heterocycles. The van der Waals surface area contributed by atoms with Crippen LogP contribution >= 0.6 is 11.3 Å². The molecule has 98 valence electrons. The molecule has 0 radical (unpaired) electrons. The van der Waals surface area contributed by atoms with Crippen LogP contribution in [-0.4, -0.2) is 9.38 Å². The van der Waals surface area contributed by atoms with Crippen LogP contribution < -0.4 is 0 Å². The molecule has 0 spiro atoms. The smallest absolute Gasteiger partial charge is 0.194 e. The third kappa shape index (κ3) is 1.37. The number of thiazole rings is 1. The molecule has 0 fully saturated rings. The fraction of sp³-hybridized carbons (Fsp3) is 0.188. The van der Waals surface area contributed by atoms with Crippen molar-refractivity contribution in [1.29, 1.82) is 0 Å². The number of nitrogens with zero attached hydrogens (tertiary/aromatic N) is 2. The first-order chi connectivity index (χ1) is 9.88. The monoisotopic (exact) mass is 280 g/mol. The van der Waals surface area contributed by atoms with E-state index in [2.05, 4.69) is 22.7 Å². The molecule has 0 unspecified atom stereocenters. The van der Waals surface area contributed by atoms with Gasteiger partial charge in [-0.1, -0.05) is 18.2 Å². The number of aryl methyl sites for hydroxylation is 2. The van der Waals surface area contributed by atoms with Crippen LogP contribution in [0.2, 0.25) is 0 Å². The van der Waals surface area contributed by atoms with E-state index < -0.39 is 0 Å². The zero-order valence-electron chi connectivity index (χ0n) is 10.8. The average Bonchev–Trinajstić information content (AvgIpc) is 3.17. The van der Waals surface area contributed by atoms with Gasteiger partial charge in [0, 0.05) is 22.2 Å². The van der Waals surface area contributed by atoms with Crippen molar-refractivity contribution in [3.05, 3.63) is 47.1 Å². The number of benzene rings is 1. The summed E-state index contributed by atoms with van der Waals surface area (Å²) < 4.78 is 8.15. The van der Waals surface area contributed by atoms with Crippen molar-refractivity contribution in [3.63, 3.8) is 0 Å². The van der Waals surface area contributed by atoms with Crippen LogP contribution in [0.25, 0.3) is 27.4 Å². The highest BCUT2D eigenvalue weighted by Gasteiger charge is 2.20. The summed E-state index contributed by atoms with van der Waals surface area (Å²) in [6.45, 7) is 0. The van der Waals surface area contributed by atoms with Crippen LogP contribution in [0.5, 0.6) is 0 Å². The van der Waals surface area contributed by atoms with Gasteiger partial charge in [-0.2, -0.15) is 0 Å². The van der Waals surface area contributed by atoms with E-state index >= 15 is 0 Å². The molecule has 20 heavy (non-hydrogen) atoms. The van der Waals surface area contributed by atoms with Crippen LogP contribution in [-0.2, 0) is 12.8 Å². The fourth-order valence-corrected chi connectivity index (χ4v) is 4.22. The van der Waals surface area contributed by atoms with Gasteiger partial charge in [0.05, 0.1) is 0 Å². The molecule has 0 saturated carbocycles. The van der Waals surface area contributed by atoms with Gasteiger partial charge in [0.15, 0.2) is 10.7 Å². The van der Waals surface area contributed by atoms with Gasteiger partial charge in [0.1, 0.15) is 11.3 Å². The van der Waals surface area contributed by atoms with Crippen molar-refractivity contribution in [2.24, 2.45) is 0 Å². The first kappa shape index (κ1) is 10.7. The summed E-state index contributed by atoms with van der Waals surface area (Å²) in [5, 5.41) is 1.13. The Kier molecular flexibility index (Phi) is 1.99. The van der Waals surface area contributed by atoms with Crippen molar-refractivity contribution in [1.82, 2.24) is 9.38 Å². The van der Waals surface area contributed by atoms with Gasteiger partial charge in [-0.25, -0.2) is 4.98 Å². The molecular formula is C16H12N2OS. The Morgan fingerprint density at radius 1 is 1.20 bits per heavy atom. The predicted molar refractivity (Wildman–Crippen MR) is 80.3 cm³/mol. The normalized spacial score (nSPS) is 14.4. The van der Waals surface area contributed by atoms with Gasteiger partial charge in [-0.15, -0.1) is 11.3 Å². The number of imidazole rings is 1. The maximum atomic E-state index is 5.90. The number of fused-ring (bicyclic) bond motifs is 4. The summed E-state index contributed by atoms with van der Waals surface area (Å²) in [6, 6.07) is 10.2. The number of rotatable bonds is 1. The van der Waals surface area contributed by atoms with Gasteiger partial charge in [-0.05, 0) is 31.4 Å². The second kappa shape index (κ2) is 3.73. The Hall–Kier alpha value is -2.07. The highest BCUT2D eigenvalue weighted by molar-refractivity contribution is 7.17. The summed E-state index contributed by atoms with van der Waals surface area (Å²) >= 11 is 1.82. The lowest BCUT2D eigenvalue weighted by Crippen LogP contribution is -1.84. The maximum absolute atomic E-state index is 5.90. The molecule has 0 amide bonds. The Labute approximate surface area is 119 Å². The van der Waals surface area contributed by atoms with Crippen molar-refractivity contribution in [2.75, 3.05) is 0 Å². The minimum Gasteiger partial charge on any atom is -0.454 e. The van der Waals surface area contributed by atoms with Gasteiger partial charge >= 0.3 is 0 Å². The third-order valence-corrected chi connectivity index (χ3v) is 5.15. The third-order valence-electron chi connectivity index (χ3n) is 4.00. The Morgan fingerprint density at radius 3 is 3.10 bits per heavy atom. The molecule has 3 heterocycles. The van der Waals surface area contributed by atoms with Gasteiger partial charge in [0.25, 0.3) is 0 Å². The summed E-state index contributed by atoms with van der Waals surface area (Å²) in [5.41, 5.74) is 3.30. The molecule has 1 aliphatic carbocycles. The van der Waals surface area contributed by atoms with Gasteiger partial charge < -0.3 is 4.42 Å². The summed E-state index contributed by atoms with van der Waals surface area (Å²) in [5.74, 6) is 0.855. The molecular weight excluding hydrogens is 268 g/mol. The van der Waals surface area contributed by atoms with E-state index in [4.69, 9.17) is 9.40 Å². The number of para-hydroxylation sites is 1. The number of hydrogen-bond donors (Lipinski definition) is 0. The highest BCUT2D eigenvalue weighted by atomic mass is 32.1. The molecule has 1 aromatic carbocycles. The fourth-order valence-electron chi connectivity index (χ4n) is 3.03. The van der Waals surface area contributed by atoms with Crippen LogP contribution in [0.15, 0.2) is 40.9 Å². The highest BCUT2D eigenvalue weighted by Crippen LogP contribution is 2.34. The van der Waals surface area contributed by atoms with Gasteiger partial charge in [-0.3, -0.25) is 4.40 Å². The quantitative estimate of drug-likeness (QED) is 0.520. The lowest BCUT2D eigenvalue weighted by atomic mass is 10.2. The largest absolute Gasteiger partial charge is 0.454 e. The topological polar surface area (TPSA) is 30.4 Å². The lowest BCUT2D eigenvalue weighted by Gasteiger charge is -1.90. The predicted octanol–water partition coefficient (Wildman–Crippen LogP) is 4.30. The average molecular weight is 280 g/mol. The summed E-state index contributed by atoms with van der Waals surface area (Å²) in [4.78, 5) is 7.32. The Bertz CT molecular complexity index is 911. The zero-order chi connectivity index (χ0) is 13.1. The van der Waals surface area contributed by atoms with Crippen molar-refractivity contribution >= 4 is 27.3 Å². The molecule has 4 aromatic rings. The van der Waals surface area contributed by atoms with Crippen molar-refractivity contribution in [2.45, 2.75) is 19.3 Å². The van der Waals surface area contributed by atoms with Crippen LogP contribution in [0.4, 0.5) is 0 Å². The van der Waals surface area contributed by atoms with Gasteiger partial charge in [0.2, 0.25) is 0 Å². The van der Waals surface area contributed by atoms with E-state index in [9.17, 15) is 0 Å².